The van der Waals surface area contributed by atoms with Gasteiger partial charge in [0.1, 0.15) is 0 Å². The molecule has 0 saturated carbocycles. The number of anilines is 1. The Kier molecular flexibility index (Phi) is 2.37. The third-order valence-electron chi connectivity index (χ3n) is 2.04. The molecule has 0 fully saturated rings. The maximum atomic E-state index is 10.3. The molecule has 0 radical (unpaired) electrons. The van der Waals surface area contributed by atoms with E-state index in [0.29, 0.717) is 17.1 Å². The third-order valence-corrected chi connectivity index (χ3v) is 2.35. The lowest BCUT2D eigenvalue weighted by atomic mass is 10.1. The van der Waals surface area contributed by atoms with Crippen LogP contribution in [0, 0.1) is 0 Å². The molecule has 0 bridgehead atoms. The van der Waals surface area contributed by atoms with Crippen molar-refractivity contribution in [3.05, 3.63) is 41.4 Å². The number of carbonyl (C=O) groups excluding carboxylic acids is 1. The zero-order valence-corrected chi connectivity index (χ0v) is 8.08. The molecule has 1 amide bonds. The Morgan fingerprint density at radius 3 is 2.79 bits per heavy atom. The Hall–Kier alpha value is -1.54. The predicted octanol–water partition coefficient (Wildman–Crippen LogP) is 3.06. The van der Waals surface area contributed by atoms with E-state index in [0.717, 1.165) is 10.8 Å². The van der Waals surface area contributed by atoms with Crippen LogP contribution in [0.3, 0.4) is 0 Å². The number of carbonyl (C=O) groups is 1. The Bertz CT molecular complexity index is 482. The third kappa shape index (κ3) is 1.56. The average molecular weight is 206 g/mol. The number of fused-ring (bicyclic) bond motifs is 1. The molecular formula is C11H8ClNO. The minimum atomic E-state index is 0.639. The first-order valence-electron chi connectivity index (χ1n) is 4.20. The molecule has 0 heterocycles. The molecule has 14 heavy (non-hydrogen) atoms. The molecule has 0 atom stereocenters. The predicted molar refractivity (Wildman–Crippen MR) is 58.6 cm³/mol. The normalized spacial score (nSPS) is 10.1. The van der Waals surface area contributed by atoms with Gasteiger partial charge >= 0.3 is 0 Å². The molecule has 0 aliphatic rings. The van der Waals surface area contributed by atoms with Crippen molar-refractivity contribution in [3.8, 4) is 0 Å². The molecule has 2 rings (SSSR count). The summed E-state index contributed by atoms with van der Waals surface area (Å²) < 4.78 is 0. The second kappa shape index (κ2) is 3.68. The van der Waals surface area contributed by atoms with E-state index in [-0.39, 0.29) is 0 Å². The van der Waals surface area contributed by atoms with Crippen molar-refractivity contribution in [2.45, 2.75) is 0 Å². The summed E-state index contributed by atoms with van der Waals surface area (Å²) in [4.78, 5) is 10.3. The van der Waals surface area contributed by atoms with Gasteiger partial charge in [-0.1, -0.05) is 35.9 Å². The number of halogens is 1. The molecule has 2 nitrogen and oxygen atoms in total. The van der Waals surface area contributed by atoms with Crippen LogP contribution in [-0.4, -0.2) is 6.41 Å². The fourth-order valence-electron chi connectivity index (χ4n) is 1.42. The van der Waals surface area contributed by atoms with Gasteiger partial charge in [0.05, 0.1) is 5.02 Å². The lowest BCUT2D eigenvalue weighted by Gasteiger charge is -2.04. The molecule has 3 heteroatoms. The summed E-state index contributed by atoms with van der Waals surface area (Å²) in [5.41, 5.74) is 0.712. The van der Waals surface area contributed by atoms with E-state index in [2.05, 4.69) is 5.32 Å². The van der Waals surface area contributed by atoms with Crippen LogP contribution in [0.25, 0.3) is 10.8 Å². The smallest absolute Gasteiger partial charge is 0.211 e. The number of amides is 1. The summed E-state index contributed by atoms with van der Waals surface area (Å²) in [6, 6.07) is 11.4. The maximum Gasteiger partial charge on any atom is 0.211 e. The highest BCUT2D eigenvalue weighted by Crippen LogP contribution is 2.27. The van der Waals surface area contributed by atoms with E-state index in [1.807, 2.05) is 30.3 Å². The first-order chi connectivity index (χ1) is 6.81. The van der Waals surface area contributed by atoms with Gasteiger partial charge in [0.2, 0.25) is 6.41 Å². The highest BCUT2D eigenvalue weighted by Gasteiger charge is 2.00. The molecule has 2 aromatic rings. The lowest BCUT2D eigenvalue weighted by molar-refractivity contribution is -0.105. The van der Waals surface area contributed by atoms with Gasteiger partial charge in [-0.25, -0.2) is 0 Å². The van der Waals surface area contributed by atoms with Gasteiger partial charge < -0.3 is 5.32 Å². The highest BCUT2D eigenvalue weighted by atomic mass is 35.5. The summed E-state index contributed by atoms with van der Waals surface area (Å²) in [5, 5.41) is 5.23. The van der Waals surface area contributed by atoms with Gasteiger partial charge in [-0.3, -0.25) is 4.79 Å². The summed E-state index contributed by atoms with van der Waals surface area (Å²) in [6.45, 7) is 0. The molecule has 2 aromatic carbocycles. The second-order valence-electron chi connectivity index (χ2n) is 2.94. The van der Waals surface area contributed by atoms with E-state index < -0.39 is 0 Å². The summed E-state index contributed by atoms with van der Waals surface area (Å²) in [7, 11) is 0. The van der Waals surface area contributed by atoms with Gasteiger partial charge in [0.25, 0.3) is 0 Å². The minimum Gasteiger partial charge on any atom is -0.329 e. The zero-order valence-electron chi connectivity index (χ0n) is 7.33. The van der Waals surface area contributed by atoms with Crippen LogP contribution >= 0.6 is 11.6 Å². The van der Waals surface area contributed by atoms with Crippen LogP contribution in [0.5, 0.6) is 0 Å². The minimum absolute atomic E-state index is 0.639. The summed E-state index contributed by atoms with van der Waals surface area (Å²) in [5.74, 6) is 0. The van der Waals surface area contributed by atoms with Gasteiger partial charge in [-0.2, -0.15) is 0 Å². The molecule has 0 aliphatic carbocycles. The molecule has 0 aliphatic heterocycles. The number of nitrogens with one attached hydrogen (secondary N) is 1. The van der Waals surface area contributed by atoms with Gasteiger partial charge in [0.15, 0.2) is 0 Å². The van der Waals surface area contributed by atoms with Crippen molar-refractivity contribution >= 4 is 34.5 Å². The first kappa shape index (κ1) is 9.03. The number of hydrogen-bond donors (Lipinski definition) is 1. The molecule has 0 aromatic heterocycles. The number of rotatable bonds is 2. The average Bonchev–Trinajstić information content (AvgIpc) is 2.18. The van der Waals surface area contributed by atoms with Crippen LogP contribution in [0.1, 0.15) is 0 Å². The van der Waals surface area contributed by atoms with Crippen molar-refractivity contribution in [2.24, 2.45) is 0 Å². The Labute approximate surface area is 86.5 Å². The molecule has 70 valence electrons. The van der Waals surface area contributed by atoms with Gasteiger partial charge in [-0.05, 0) is 17.5 Å². The van der Waals surface area contributed by atoms with Crippen LogP contribution in [0.15, 0.2) is 36.4 Å². The van der Waals surface area contributed by atoms with Gasteiger partial charge in [0, 0.05) is 11.1 Å². The van der Waals surface area contributed by atoms with E-state index in [4.69, 9.17) is 11.6 Å². The van der Waals surface area contributed by atoms with Crippen molar-refractivity contribution in [1.82, 2.24) is 0 Å². The van der Waals surface area contributed by atoms with E-state index in [1.54, 1.807) is 6.07 Å². The molecule has 0 spiro atoms. The standard InChI is InChI=1S/C11H8ClNO/c12-11-6-9(13-7-14)5-8-3-1-2-4-10(8)11/h1-7H,(H,13,14). The highest BCUT2D eigenvalue weighted by molar-refractivity contribution is 6.36. The topological polar surface area (TPSA) is 29.1 Å². The van der Waals surface area contributed by atoms with Crippen LogP contribution in [0.4, 0.5) is 5.69 Å². The number of hydrogen-bond acceptors (Lipinski definition) is 1. The Morgan fingerprint density at radius 1 is 1.21 bits per heavy atom. The van der Waals surface area contributed by atoms with Crippen molar-refractivity contribution in [3.63, 3.8) is 0 Å². The quantitative estimate of drug-likeness (QED) is 0.751. The summed E-state index contributed by atoms with van der Waals surface area (Å²) >= 11 is 6.04. The first-order valence-corrected chi connectivity index (χ1v) is 4.57. The largest absolute Gasteiger partial charge is 0.329 e. The van der Waals surface area contributed by atoms with E-state index in [9.17, 15) is 4.79 Å². The van der Waals surface area contributed by atoms with Crippen molar-refractivity contribution in [2.75, 3.05) is 5.32 Å². The fraction of sp³-hybridized carbons (Fsp3) is 0. The summed E-state index contributed by atoms with van der Waals surface area (Å²) in [6.07, 6.45) is 0.639. The van der Waals surface area contributed by atoms with E-state index >= 15 is 0 Å². The van der Waals surface area contributed by atoms with Crippen LogP contribution in [0.2, 0.25) is 5.02 Å². The molecule has 1 N–H and O–H groups in total. The van der Waals surface area contributed by atoms with Crippen LogP contribution < -0.4 is 5.32 Å². The Balaban J connectivity index is 2.65. The molecule has 0 unspecified atom stereocenters. The number of benzene rings is 2. The molecule has 0 saturated heterocycles. The van der Waals surface area contributed by atoms with E-state index in [1.165, 1.54) is 0 Å². The monoisotopic (exact) mass is 205 g/mol. The SMILES string of the molecule is O=CNc1cc(Cl)c2ccccc2c1. The fourth-order valence-corrected chi connectivity index (χ4v) is 1.70. The Morgan fingerprint density at radius 2 is 2.00 bits per heavy atom. The maximum absolute atomic E-state index is 10.3. The molecular weight excluding hydrogens is 198 g/mol. The van der Waals surface area contributed by atoms with Gasteiger partial charge in [-0.15, -0.1) is 0 Å². The zero-order chi connectivity index (χ0) is 9.97. The van der Waals surface area contributed by atoms with Crippen molar-refractivity contribution < 1.29 is 4.79 Å². The van der Waals surface area contributed by atoms with Crippen molar-refractivity contribution in [1.29, 1.82) is 0 Å². The lowest BCUT2D eigenvalue weighted by Crippen LogP contribution is -1.93. The second-order valence-corrected chi connectivity index (χ2v) is 3.35. The van der Waals surface area contributed by atoms with Crippen LogP contribution in [-0.2, 0) is 4.79 Å².